The number of carbonyl (C=O) groups excluding carboxylic acids is 1. The molecule has 0 saturated heterocycles. The molecule has 2 aromatic heterocycles. The first-order chi connectivity index (χ1) is 13.7. The van der Waals surface area contributed by atoms with Gasteiger partial charge in [0.25, 0.3) is 0 Å². The van der Waals surface area contributed by atoms with Gasteiger partial charge in [-0.1, -0.05) is 11.6 Å². The van der Waals surface area contributed by atoms with E-state index in [-0.39, 0.29) is 11.8 Å². The van der Waals surface area contributed by atoms with Gasteiger partial charge in [0.2, 0.25) is 17.6 Å². The van der Waals surface area contributed by atoms with Crippen LogP contribution >= 0.6 is 0 Å². The Kier molecular flexibility index (Phi) is 5.41. The summed E-state index contributed by atoms with van der Waals surface area (Å²) in [5.41, 5.74) is 0.855. The van der Waals surface area contributed by atoms with E-state index in [1.54, 1.807) is 13.4 Å². The lowest BCUT2D eigenvalue weighted by molar-refractivity contribution is -0.139. The van der Waals surface area contributed by atoms with E-state index in [1.165, 1.54) is 0 Å². The number of benzene rings is 1. The van der Waals surface area contributed by atoms with Crippen LogP contribution in [-0.2, 0) is 17.8 Å². The number of rotatable bonds is 8. The highest BCUT2D eigenvalue weighted by Gasteiger charge is 2.30. The zero-order valence-electron chi connectivity index (χ0n) is 15.8. The molecule has 4 rings (SSSR count). The molecule has 0 bridgehead atoms. The molecule has 28 heavy (non-hydrogen) atoms. The van der Waals surface area contributed by atoms with E-state index in [1.807, 2.05) is 41.3 Å². The van der Waals surface area contributed by atoms with Crippen LogP contribution in [0.1, 0.15) is 30.9 Å². The number of aromatic nitrogens is 2. The molecule has 1 saturated carbocycles. The van der Waals surface area contributed by atoms with Gasteiger partial charge < -0.3 is 18.6 Å². The summed E-state index contributed by atoms with van der Waals surface area (Å²) in [7, 11) is 1.63. The zero-order valence-corrected chi connectivity index (χ0v) is 15.8. The van der Waals surface area contributed by atoms with E-state index in [9.17, 15) is 4.79 Å². The molecule has 0 radical (unpaired) electrons. The first-order valence-corrected chi connectivity index (χ1v) is 9.51. The molecule has 1 aliphatic carbocycles. The quantitative estimate of drug-likeness (QED) is 0.592. The van der Waals surface area contributed by atoms with Crippen molar-refractivity contribution in [3.8, 4) is 17.1 Å². The SMILES string of the molecule is COc1ccc(-c2noc(CCN(Cc3ccco3)C(=O)C3CCC3)n2)cc1. The molecular formula is C21H23N3O4. The number of hydrogen-bond acceptors (Lipinski definition) is 6. The summed E-state index contributed by atoms with van der Waals surface area (Å²) in [6.07, 6.45) is 5.19. The van der Waals surface area contributed by atoms with Crippen molar-refractivity contribution in [1.29, 1.82) is 0 Å². The number of furan rings is 1. The van der Waals surface area contributed by atoms with Gasteiger partial charge in [-0.25, -0.2) is 0 Å². The van der Waals surface area contributed by atoms with E-state index in [4.69, 9.17) is 13.7 Å². The number of methoxy groups -OCH3 is 1. The lowest BCUT2D eigenvalue weighted by Gasteiger charge is -2.31. The number of nitrogens with zero attached hydrogens (tertiary/aromatic N) is 3. The van der Waals surface area contributed by atoms with Crippen LogP contribution in [0.2, 0.25) is 0 Å². The van der Waals surface area contributed by atoms with Gasteiger partial charge in [0, 0.05) is 24.4 Å². The fourth-order valence-electron chi connectivity index (χ4n) is 3.22. The fourth-order valence-corrected chi connectivity index (χ4v) is 3.22. The molecule has 2 heterocycles. The molecular weight excluding hydrogens is 358 g/mol. The highest BCUT2D eigenvalue weighted by atomic mass is 16.5. The summed E-state index contributed by atoms with van der Waals surface area (Å²) in [6, 6.07) is 11.2. The predicted octanol–water partition coefficient (Wildman–Crippen LogP) is 3.71. The van der Waals surface area contributed by atoms with Crippen LogP contribution in [0.5, 0.6) is 5.75 Å². The lowest BCUT2D eigenvalue weighted by atomic mass is 9.84. The van der Waals surface area contributed by atoms with Crippen LogP contribution in [0, 0.1) is 5.92 Å². The van der Waals surface area contributed by atoms with Crippen LogP contribution < -0.4 is 4.74 Å². The maximum absolute atomic E-state index is 12.8. The van der Waals surface area contributed by atoms with Gasteiger partial charge in [-0.15, -0.1) is 0 Å². The molecule has 0 N–H and O–H groups in total. The molecule has 1 fully saturated rings. The summed E-state index contributed by atoms with van der Waals surface area (Å²) in [6.45, 7) is 0.974. The third-order valence-corrected chi connectivity index (χ3v) is 5.10. The number of carbonyl (C=O) groups is 1. The maximum Gasteiger partial charge on any atom is 0.228 e. The van der Waals surface area contributed by atoms with Crippen molar-refractivity contribution in [2.45, 2.75) is 32.2 Å². The van der Waals surface area contributed by atoms with Crippen molar-refractivity contribution in [3.05, 3.63) is 54.3 Å². The molecule has 0 spiro atoms. The molecule has 146 valence electrons. The number of amides is 1. The van der Waals surface area contributed by atoms with Crippen LogP contribution in [0.25, 0.3) is 11.4 Å². The van der Waals surface area contributed by atoms with Gasteiger partial charge in [-0.05, 0) is 49.2 Å². The lowest BCUT2D eigenvalue weighted by Crippen LogP contribution is -2.39. The first kappa shape index (κ1) is 18.3. The molecule has 1 aromatic carbocycles. The van der Waals surface area contributed by atoms with Gasteiger partial charge in [0.05, 0.1) is 19.9 Å². The van der Waals surface area contributed by atoms with Crippen molar-refractivity contribution in [2.75, 3.05) is 13.7 Å². The van der Waals surface area contributed by atoms with Crippen molar-refractivity contribution in [1.82, 2.24) is 15.0 Å². The minimum absolute atomic E-state index is 0.132. The number of hydrogen-bond donors (Lipinski definition) is 0. The maximum atomic E-state index is 12.8. The largest absolute Gasteiger partial charge is 0.497 e. The molecule has 7 nitrogen and oxygen atoms in total. The smallest absolute Gasteiger partial charge is 0.228 e. The summed E-state index contributed by atoms with van der Waals surface area (Å²) >= 11 is 0. The average Bonchev–Trinajstić information content (AvgIpc) is 3.35. The molecule has 7 heteroatoms. The van der Waals surface area contributed by atoms with Gasteiger partial charge in [-0.2, -0.15) is 4.98 Å². The Morgan fingerprint density at radius 2 is 2.07 bits per heavy atom. The van der Waals surface area contributed by atoms with Crippen LogP contribution in [-0.4, -0.2) is 34.6 Å². The van der Waals surface area contributed by atoms with Crippen molar-refractivity contribution in [2.24, 2.45) is 5.92 Å². The van der Waals surface area contributed by atoms with Crippen molar-refractivity contribution >= 4 is 5.91 Å². The molecule has 1 amide bonds. The van der Waals surface area contributed by atoms with Crippen molar-refractivity contribution in [3.63, 3.8) is 0 Å². The van der Waals surface area contributed by atoms with E-state index in [0.29, 0.717) is 31.2 Å². The molecule has 0 atom stereocenters. The van der Waals surface area contributed by atoms with Gasteiger partial charge in [0.1, 0.15) is 11.5 Å². The topological polar surface area (TPSA) is 81.6 Å². The Labute approximate surface area is 163 Å². The summed E-state index contributed by atoms with van der Waals surface area (Å²) in [5, 5.41) is 4.05. The van der Waals surface area contributed by atoms with Gasteiger partial charge in [0.15, 0.2) is 0 Å². The fraction of sp³-hybridized carbons (Fsp3) is 0.381. The Hall–Kier alpha value is -3.09. The molecule has 3 aromatic rings. The highest BCUT2D eigenvalue weighted by Crippen LogP contribution is 2.29. The second-order valence-corrected chi connectivity index (χ2v) is 6.96. The van der Waals surface area contributed by atoms with E-state index >= 15 is 0 Å². The predicted molar refractivity (Wildman–Crippen MR) is 101 cm³/mol. The highest BCUT2D eigenvalue weighted by molar-refractivity contribution is 5.79. The summed E-state index contributed by atoms with van der Waals surface area (Å²) in [5.74, 6) is 2.90. The molecule has 1 aliphatic rings. The van der Waals surface area contributed by atoms with Crippen molar-refractivity contribution < 1.29 is 18.5 Å². The minimum atomic E-state index is 0.132. The Bertz CT molecular complexity index is 898. The van der Waals surface area contributed by atoms with Gasteiger partial charge >= 0.3 is 0 Å². The van der Waals surface area contributed by atoms with Gasteiger partial charge in [-0.3, -0.25) is 4.79 Å². The van der Waals surface area contributed by atoms with Crippen LogP contribution in [0.3, 0.4) is 0 Å². The third kappa shape index (κ3) is 4.08. The molecule has 0 aliphatic heterocycles. The summed E-state index contributed by atoms with van der Waals surface area (Å²) in [4.78, 5) is 19.1. The zero-order chi connectivity index (χ0) is 19.3. The second-order valence-electron chi connectivity index (χ2n) is 6.96. The Morgan fingerprint density at radius 3 is 2.71 bits per heavy atom. The Morgan fingerprint density at radius 1 is 1.25 bits per heavy atom. The standard InChI is InChI=1S/C21H23N3O4/c1-26-17-9-7-15(8-10-17)20-22-19(28-23-20)11-12-24(14-18-6-3-13-27-18)21(25)16-4-2-5-16/h3,6-10,13,16H,2,4-5,11-12,14H2,1H3. The number of ether oxygens (including phenoxy) is 1. The molecule has 0 unspecified atom stereocenters. The summed E-state index contributed by atoms with van der Waals surface area (Å²) < 4.78 is 16.0. The van der Waals surface area contributed by atoms with E-state index < -0.39 is 0 Å². The average molecular weight is 381 g/mol. The normalized spacial score (nSPS) is 13.9. The third-order valence-electron chi connectivity index (χ3n) is 5.10. The monoisotopic (exact) mass is 381 g/mol. The van der Waals surface area contributed by atoms with Crippen LogP contribution in [0.4, 0.5) is 0 Å². The van der Waals surface area contributed by atoms with E-state index in [0.717, 1.165) is 36.3 Å². The second kappa shape index (κ2) is 8.29. The van der Waals surface area contributed by atoms with Crippen LogP contribution in [0.15, 0.2) is 51.6 Å². The minimum Gasteiger partial charge on any atom is -0.497 e. The Balaban J connectivity index is 1.41. The van der Waals surface area contributed by atoms with E-state index in [2.05, 4.69) is 10.1 Å². The first-order valence-electron chi connectivity index (χ1n) is 9.51.